The topological polar surface area (TPSA) is 15.3 Å². The molecule has 2 rings (SSSR count). The molecule has 0 bridgehead atoms. The summed E-state index contributed by atoms with van der Waals surface area (Å²) >= 11 is 0. The third-order valence-electron chi connectivity index (χ3n) is 3.30. The van der Waals surface area contributed by atoms with Crippen LogP contribution in [0.15, 0.2) is 6.07 Å². The second-order valence-electron chi connectivity index (χ2n) is 4.70. The Kier molecular flexibility index (Phi) is 4.29. The normalized spacial score (nSPS) is 19.8. The summed E-state index contributed by atoms with van der Waals surface area (Å²) < 4.78 is 53.8. The summed E-state index contributed by atoms with van der Waals surface area (Å²) in [5.74, 6) is -5.37. The molecule has 1 fully saturated rings. The molecule has 6 heteroatoms. The highest BCUT2D eigenvalue weighted by Crippen LogP contribution is 2.28. The van der Waals surface area contributed by atoms with Gasteiger partial charge in [0.2, 0.25) is 0 Å². The number of anilines is 1. The van der Waals surface area contributed by atoms with E-state index in [-0.39, 0.29) is 12.1 Å². The molecule has 1 heterocycles. The van der Waals surface area contributed by atoms with Gasteiger partial charge in [0.1, 0.15) is 5.69 Å². The Hall–Kier alpha value is -1.30. The van der Waals surface area contributed by atoms with Crippen LogP contribution in [0.1, 0.15) is 19.8 Å². The summed E-state index contributed by atoms with van der Waals surface area (Å²) in [5.41, 5.74) is -0.597. The molecule has 0 aromatic heterocycles. The molecule has 1 N–H and O–H groups in total. The Bertz CT molecular complexity index is 436. The summed E-state index contributed by atoms with van der Waals surface area (Å²) in [5, 5.41) is 3.21. The molecule has 1 aliphatic rings. The molecule has 1 aliphatic heterocycles. The van der Waals surface area contributed by atoms with Crippen molar-refractivity contribution in [2.45, 2.75) is 25.8 Å². The summed E-state index contributed by atoms with van der Waals surface area (Å²) in [6.07, 6.45) is 1.77. The lowest BCUT2D eigenvalue weighted by Gasteiger charge is -2.35. The second-order valence-corrected chi connectivity index (χ2v) is 4.70. The Morgan fingerprint density at radius 3 is 2.42 bits per heavy atom. The molecule has 106 valence electrons. The van der Waals surface area contributed by atoms with Gasteiger partial charge in [0, 0.05) is 31.7 Å². The van der Waals surface area contributed by atoms with E-state index in [1.807, 2.05) is 6.92 Å². The maximum atomic E-state index is 13.7. The van der Waals surface area contributed by atoms with Crippen molar-refractivity contribution in [1.82, 2.24) is 5.32 Å². The highest BCUT2D eigenvalue weighted by atomic mass is 19.2. The van der Waals surface area contributed by atoms with Crippen LogP contribution in [0.5, 0.6) is 0 Å². The van der Waals surface area contributed by atoms with Gasteiger partial charge in [0.25, 0.3) is 0 Å². The largest absolute Gasteiger partial charge is 0.364 e. The van der Waals surface area contributed by atoms with Crippen molar-refractivity contribution < 1.29 is 17.6 Å². The highest BCUT2D eigenvalue weighted by molar-refractivity contribution is 5.50. The molecule has 0 spiro atoms. The maximum Gasteiger partial charge on any atom is 0.185 e. The van der Waals surface area contributed by atoms with Crippen LogP contribution >= 0.6 is 0 Å². The molecule has 1 atom stereocenters. The van der Waals surface area contributed by atoms with Gasteiger partial charge in [-0.25, -0.2) is 17.6 Å². The van der Waals surface area contributed by atoms with Gasteiger partial charge < -0.3 is 10.2 Å². The number of piperazine rings is 1. The van der Waals surface area contributed by atoms with Crippen molar-refractivity contribution in [2.75, 3.05) is 24.5 Å². The zero-order valence-corrected chi connectivity index (χ0v) is 10.6. The summed E-state index contributed by atoms with van der Waals surface area (Å²) in [7, 11) is 0. The van der Waals surface area contributed by atoms with E-state index >= 15 is 0 Å². The first-order valence-corrected chi connectivity index (χ1v) is 6.36. The average Bonchev–Trinajstić information content (AvgIpc) is 2.38. The number of nitrogens with zero attached hydrogens (tertiary/aromatic N) is 1. The van der Waals surface area contributed by atoms with Crippen molar-refractivity contribution in [2.24, 2.45) is 0 Å². The lowest BCUT2D eigenvalue weighted by Crippen LogP contribution is -2.51. The Labute approximate surface area is 109 Å². The molecule has 1 aromatic rings. The molecule has 0 radical (unpaired) electrons. The van der Waals surface area contributed by atoms with Gasteiger partial charge >= 0.3 is 0 Å². The Balaban J connectivity index is 2.30. The van der Waals surface area contributed by atoms with Gasteiger partial charge in [-0.3, -0.25) is 0 Å². The summed E-state index contributed by atoms with van der Waals surface area (Å²) in [6, 6.07) is 0.309. The van der Waals surface area contributed by atoms with Crippen LogP contribution in [0.25, 0.3) is 0 Å². The SMILES string of the molecule is CCCC1CN(c2c(F)c(F)cc(F)c2F)CCN1. The first kappa shape index (κ1) is 14.1. The van der Waals surface area contributed by atoms with Crippen LogP contribution in [0, 0.1) is 23.3 Å². The quantitative estimate of drug-likeness (QED) is 0.674. The van der Waals surface area contributed by atoms with Crippen molar-refractivity contribution in [3.63, 3.8) is 0 Å². The molecule has 1 saturated heterocycles. The zero-order chi connectivity index (χ0) is 14.0. The van der Waals surface area contributed by atoms with Crippen LogP contribution in [-0.2, 0) is 0 Å². The Morgan fingerprint density at radius 2 is 1.84 bits per heavy atom. The zero-order valence-electron chi connectivity index (χ0n) is 10.6. The van der Waals surface area contributed by atoms with E-state index in [0.29, 0.717) is 19.6 Å². The van der Waals surface area contributed by atoms with Crippen molar-refractivity contribution in [3.05, 3.63) is 29.3 Å². The van der Waals surface area contributed by atoms with Crippen molar-refractivity contribution in [3.8, 4) is 0 Å². The molecule has 2 nitrogen and oxygen atoms in total. The molecule has 0 saturated carbocycles. The fraction of sp³-hybridized carbons (Fsp3) is 0.538. The molecular formula is C13H16F4N2. The summed E-state index contributed by atoms with van der Waals surface area (Å²) in [6.45, 7) is 3.19. The van der Waals surface area contributed by atoms with Crippen LogP contribution < -0.4 is 10.2 Å². The van der Waals surface area contributed by atoms with Crippen LogP contribution in [0.4, 0.5) is 23.2 Å². The monoisotopic (exact) mass is 276 g/mol. The van der Waals surface area contributed by atoms with Gasteiger partial charge in [-0.2, -0.15) is 0 Å². The average molecular weight is 276 g/mol. The van der Waals surface area contributed by atoms with Crippen molar-refractivity contribution in [1.29, 1.82) is 0 Å². The standard InChI is InChI=1S/C13H16F4N2/c1-2-3-8-7-19(5-4-18-8)13-11(16)9(14)6-10(15)12(13)17/h6,8,18H,2-5,7H2,1H3. The predicted molar refractivity (Wildman–Crippen MR) is 65.2 cm³/mol. The van der Waals surface area contributed by atoms with Crippen molar-refractivity contribution >= 4 is 5.69 Å². The molecule has 1 unspecified atom stereocenters. The number of benzene rings is 1. The highest BCUT2D eigenvalue weighted by Gasteiger charge is 2.27. The van der Waals surface area contributed by atoms with Gasteiger partial charge in [-0.15, -0.1) is 0 Å². The van der Waals surface area contributed by atoms with E-state index in [4.69, 9.17) is 0 Å². The fourth-order valence-corrected chi connectivity index (χ4v) is 2.41. The molecule has 19 heavy (non-hydrogen) atoms. The Morgan fingerprint density at radius 1 is 1.21 bits per heavy atom. The third kappa shape index (κ3) is 2.83. The summed E-state index contributed by atoms with van der Waals surface area (Å²) in [4.78, 5) is 1.37. The number of hydrogen-bond donors (Lipinski definition) is 1. The maximum absolute atomic E-state index is 13.7. The van der Waals surface area contributed by atoms with E-state index in [0.717, 1.165) is 12.8 Å². The van der Waals surface area contributed by atoms with Gasteiger partial charge in [-0.05, 0) is 6.42 Å². The smallest absolute Gasteiger partial charge is 0.185 e. The van der Waals surface area contributed by atoms with Crippen LogP contribution in [0.2, 0.25) is 0 Å². The first-order chi connectivity index (χ1) is 9.04. The number of nitrogens with one attached hydrogen (secondary N) is 1. The number of rotatable bonds is 3. The molecule has 0 aliphatic carbocycles. The van der Waals surface area contributed by atoms with Gasteiger partial charge in [-0.1, -0.05) is 13.3 Å². The van der Waals surface area contributed by atoms with E-state index in [1.165, 1.54) is 4.90 Å². The minimum Gasteiger partial charge on any atom is -0.364 e. The molecule has 0 amide bonds. The van der Waals surface area contributed by atoms with Crippen LogP contribution in [0.3, 0.4) is 0 Å². The van der Waals surface area contributed by atoms with Crippen LogP contribution in [-0.4, -0.2) is 25.7 Å². The number of hydrogen-bond acceptors (Lipinski definition) is 2. The lowest BCUT2D eigenvalue weighted by atomic mass is 10.1. The lowest BCUT2D eigenvalue weighted by molar-refractivity contribution is 0.409. The molecular weight excluding hydrogens is 260 g/mol. The van der Waals surface area contributed by atoms with E-state index in [9.17, 15) is 17.6 Å². The van der Waals surface area contributed by atoms with E-state index in [1.54, 1.807) is 0 Å². The third-order valence-corrected chi connectivity index (χ3v) is 3.30. The van der Waals surface area contributed by atoms with Gasteiger partial charge in [0.15, 0.2) is 23.3 Å². The van der Waals surface area contributed by atoms with E-state index < -0.39 is 29.0 Å². The molecule has 1 aromatic carbocycles. The number of halogens is 4. The first-order valence-electron chi connectivity index (χ1n) is 6.36. The fourth-order valence-electron chi connectivity index (χ4n) is 2.41. The minimum absolute atomic E-state index is 0.0730. The second kappa shape index (κ2) is 5.77. The predicted octanol–water partition coefficient (Wildman–Crippen LogP) is 2.82. The van der Waals surface area contributed by atoms with Gasteiger partial charge in [0.05, 0.1) is 0 Å². The minimum atomic E-state index is -1.36. The van der Waals surface area contributed by atoms with E-state index in [2.05, 4.69) is 5.32 Å².